The summed E-state index contributed by atoms with van der Waals surface area (Å²) in [4.78, 5) is 9.99. The third kappa shape index (κ3) is 3.17. The van der Waals surface area contributed by atoms with Crippen molar-refractivity contribution in [2.24, 2.45) is 0 Å². The smallest absolute Gasteiger partial charge is 0.302 e. The molecule has 5 heteroatoms. The lowest BCUT2D eigenvalue weighted by Gasteiger charge is -1.94. The summed E-state index contributed by atoms with van der Waals surface area (Å²) in [7, 11) is 0. The van der Waals surface area contributed by atoms with Crippen LogP contribution >= 0.6 is 11.3 Å². The summed E-state index contributed by atoms with van der Waals surface area (Å²) >= 11 is 1.15. The van der Waals surface area contributed by atoms with E-state index in [1.165, 1.54) is 0 Å². The van der Waals surface area contributed by atoms with E-state index in [1.54, 1.807) is 18.4 Å². The van der Waals surface area contributed by atoms with Crippen LogP contribution in [0.25, 0.3) is 0 Å². The van der Waals surface area contributed by atoms with Gasteiger partial charge in [0.15, 0.2) is 0 Å². The zero-order chi connectivity index (χ0) is 10.4. The van der Waals surface area contributed by atoms with Gasteiger partial charge in [0, 0.05) is 18.0 Å². The number of rotatable bonds is 4. The van der Waals surface area contributed by atoms with Gasteiger partial charge < -0.3 is 5.32 Å². The molecule has 1 N–H and O–H groups in total. The molecule has 0 amide bonds. The van der Waals surface area contributed by atoms with Crippen LogP contribution < -0.4 is 5.32 Å². The number of thiophene rings is 1. The minimum atomic E-state index is -0.375. The van der Waals surface area contributed by atoms with E-state index in [1.807, 2.05) is 0 Å². The maximum Gasteiger partial charge on any atom is 0.324 e. The van der Waals surface area contributed by atoms with E-state index in [0.29, 0.717) is 13.1 Å². The van der Waals surface area contributed by atoms with Crippen molar-refractivity contribution in [2.45, 2.75) is 13.5 Å². The van der Waals surface area contributed by atoms with E-state index >= 15 is 0 Å². The summed E-state index contributed by atoms with van der Waals surface area (Å²) in [5, 5.41) is 15.4. The first-order valence-electron chi connectivity index (χ1n) is 4.06. The average Bonchev–Trinajstić information content (AvgIpc) is 2.61. The summed E-state index contributed by atoms with van der Waals surface area (Å²) in [5.74, 6) is 5.62. The lowest BCUT2D eigenvalue weighted by molar-refractivity contribution is -0.380. The molecule has 0 aliphatic rings. The van der Waals surface area contributed by atoms with Gasteiger partial charge in [0.2, 0.25) is 0 Å². The zero-order valence-electron chi connectivity index (χ0n) is 7.74. The predicted octanol–water partition coefficient (Wildman–Crippen LogP) is 1.77. The minimum absolute atomic E-state index is 0.184. The van der Waals surface area contributed by atoms with Crippen molar-refractivity contribution in [3.63, 3.8) is 0 Å². The Labute approximate surface area is 86.1 Å². The molecule has 0 fully saturated rings. The summed E-state index contributed by atoms with van der Waals surface area (Å²) in [5.41, 5.74) is 0.930. The van der Waals surface area contributed by atoms with Gasteiger partial charge in [0.1, 0.15) is 0 Å². The van der Waals surface area contributed by atoms with Gasteiger partial charge in [-0.3, -0.25) is 10.1 Å². The molecule has 0 aliphatic heterocycles. The lowest BCUT2D eigenvalue weighted by Crippen LogP contribution is -2.12. The Morgan fingerprint density at radius 3 is 3.07 bits per heavy atom. The molecule has 0 radical (unpaired) electrons. The quantitative estimate of drug-likeness (QED) is 0.356. The molecule has 1 aromatic rings. The minimum Gasteiger partial charge on any atom is -0.302 e. The summed E-state index contributed by atoms with van der Waals surface area (Å²) in [6.07, 6.45) is 0. The van der Waals surface area contributed by atoms with E-state index in [-0.39, 0.29) is 9.92 Å². The number of hydrogen-bond acceptors (Lipinski definition) is 4. The molecule has 0 spiro atoms. The van der Waals surface area contributed by atoms with Crippen molar-refractivity contribution in [1.82, 2.24) is 5.32 Å². The largest absolute Gasteiger partial charge is 0.324 e. The van der Waals surface area contributed by atoms with E-state index < -0.39 is 0 Å². The molecule has 0 atom stereocenters. The van der Waals surface area contributed by atoms with Crippen molar-refractivity contribution < 1.29 is 4.92 Å². The van der Waals surface area contributed by atoms with Gasteiger partial charge in [-0.05, 0) is 12.5 Å². The molecular formula is C9H10N2O2S. The standard InChI is InChI=1S/C9H10N2O2S/c1-2-3-4-10-6-8-5-9(11(12)13)14-7-8/h5,7,10H,4,6H2,1H3. The fourth-order valence-electron chi connectivity index (χ4n) is 0.909. The van der Waals surface area contributed by atoms with E-state index in [9.17, 15) is 10.1 Å². The zero-order valence-corrected chi connectivity index (χ0v) is 8.56. The highest BCUT2D eigenvalue weighted by molar-refractivity contribution is 7.13. The second kappa shape index (κ2) is 5.37. The molecule has 14 heavy (non-hydrogen) atoms. The molecule has 74 valence electrons. The summed E-state index contributed by atoms with van der Waals surface area (Å²) in [6.45, 7) is 3.01. The van der Waals surface area contributed by atoms with Crippen LogP contribution in [0.2, 0.25) is 0 Å². The first-order chi connectivity index (χ1) is 6.74. The van der Waals surface area contributed by atoms with Gasteiger partial charge in [-0.2, -0.15) is 0 Å². The number of hydrogen-bond donors (Lipinski definition) is 1. The van der Waals surface area contributed by atoms with Gasteiger partial charge >= 0.3 is 5.00 Å². The average molecular weight is 210 g/mol. The van der Waals surface area contributed by atoms with Gasteiger partial charge in [0.25, 0.3) is 0 Å². The fourth-order valence-corrected chi connectivity index (χ4v) is 1.64. The van der Waals surface area contributed by atoms with Gasteiger partial charge in [-0.25, -0.2) is 0 Å². The molecule has 0 saturated carbocycles. The molecule has 0 aliphatic carbocycles. The SMILES string of the molecule is CC#CCNCc1csc([N+](=O)[O-])c1. The third-order valence-electron chi connectivity index (χ3n) is 1.54. The summed E-state index contributed by atoms with van der Waals surface area (Å²) in [6, 6.07) is 1.58. The fraction of sp³-hybridized carbons (Fsp3) is 0.333. The number of nitrogens with zero attached hydrogens (tertiary/aromatic N) is 1. The monoisotopic (exact) mass is 210 g/mol. The normalized spacial score (nSPS) is 9.21. The van der Waals surface area contributed by atoms with Gasteiger partial charge in [-0.15, -0.1) is 5.92 Å². The van der Waals surface area contributed by atoms with Crippen LogP contribution in [0.1, 0.15) is 12.5 Å². The highest BCUT2D eigenvalue weighted by Gasteiger charge is 2.08. The van der Waals surface area contributed by atoms with Crippen LogP contribution in [0.4, 0.5) is 5.00 Å². The highest BCUT2D eigenvalue weighted by atomic mass is 32.1. The van der Waals surface area contributed by atoms with Crippen LogP contribution in [-0.2, 0) is 6.54 Å². The molecular weight excluding hydrogens is 200 g/mol. The molecule has 4 nitrogen and oxygen atoms in total. The Hall–Kier alpha value is -1.38. The first-order valence-corrected chi connectivity index (χ1v) is 4.94. The molecule has 0 bridgehead atoms. The van der Waals surface area contributed by atoms with E-state index in [0.717, 1.165) is 16.9 Å². The lowest BCUT2D eigenvalue weighted by atomic mass is 10.3. The Morgan fingerprint density at radius 1 is 1.71 bits per heavy atom. The Balaban J connectivity index is 2.42. The summed E-state index contributed by atoms with van der Waals surface area (Å²) < 4.78 is 0. The van der Waals surface area contributed by atoms with Crippen LogP contribution in [0.5, 0.6) is 0 Å². The second-order valence-corrected chi connectivity index (χ2v) is 3.47. The van der Waals surface area contributed by atoms with Gasteiger partial charge in [-0.1, -0.05) is 17.3 Å². The molecule has 1 aromatic heterocycles. The van der Waals surface area contributed by atoms with Gasteiger partial charge in [0.05, 0.1) is 11.5 Å². The molecule has 0 saturated heterocycles. The maximum absolute atomic E-state index is 10.4. The highest BCUT2D eigenvalue weighted by Crippen LogP contribution is 2.22. The van der Waals surface area contributed by atoms with Crippen molar-refractivity contribution in [2.75, 3.05) is 6.54 Å². The maximum atomic E-state index is 10.4. The molecule has 0 unspecified atom stereocenters. The Bertz CT molecular complexity index is 376. The number of nitrogens with one attached hydrogen (secondary N) is 1. The number of nitro groups is 1. The molecule has 1 heterocycles. The van der Waals surface area contributed by atoms with Crippen LogP contribution in [0.3, 0.4) is 0 Å². The first kappa shape index (κ1) is 10.7. The Kier molecular flexibility index (Phi) is 4.11. The van der Waals surface area contributed by atoms with Crippen molar-refractivity contribution >= 4 is 16.3 Å². The van der Waals surface area contributed by atoms with Crippen molar-refractivity contribution in [3.8, 4) is 11.8 Å². The topological polar surface area (TPSA) is 55.2 Å². The van der Waals surface area contributed by atoms with E-state index in [4.69, 9.17) is 0 Å². The molecule has 0 aromatic carbocycles. The Morgan fingerprint density at radius 2 is 2.50 bits per heavy atom. The predicted molar refractivity (Wildman–Crippen MR) is 56.1 cm³/mol. The van der Waals surface area contributed by atoms with Crippen molar-refractivity contribution in [1.29, 1.82) is 0 Å². The molecule has 1 rings (SSSR count). The van der Waals surface area contributed by atoms with Crippen LogP contribution in [-0.4, -0.2) is 11.5 Å². The van der Waals surface area contributed by atoms with E-state index in [2.05, 4.69) is 17.2 Å². The van der Waals surface area contributed by atoms with Crippen molar-refractivity contribution in [3.05, 3.63) is 27.1 Å². The third-order valence-corrected chi connectivity index (χ3v) is 2.47. The van der Waals surface area contributed by atoms with Crippen LogP contribution in [0, 0.1) is 22.0 Å². The second-order valence-electron chi connectivity index (χ2n) is 2.58. The van der Waals surface area contributed by atoms with Crippen LogP contribution in [0.15, 0.2) is 11.4 Å².